The van der Waals surface area contributed by atoms with Crippen LogP contribution in [-0.4, -0.2) is 34.3 Å². The van der Waals surface area contributed by atoms with Crippen molar-refractivity contribution in [3.8, 4) is 0 Å². The predicted molar refractivity (Wildman–Crippen MR) is 83.1 cm³/mol. The molecule has 5 nitrogen and oxygen atoms in total. The number of amides is 2. The Balaban J connectivity index is 1.67. The summed E-state index contributed by atoms with van der Waals surface area (Å²) in [6.45, 7) is 0.532. The highest BCUT2D eigenvalue weighted by Crippen LogP contribution is 2.18. The Labute approximate surface area is 137 Å². The molecule has 1 fully saturated rings. The van der Waals surface area contributed by atoms with E-state index in [0.29, 0.717) is 25.1 Å². The van der Waals surface area contributed by atoms with Crippen LogP contribution >= 0.6 is 0 Å². The largest absolute Gasteiger partial charge is 0.357 e. The van der Waals surface area contributed by atoms with Crippen LogP contribution in [0.1, 0.15) is 28.9 Å². The topological polar surface area (TPSA) is 65.2 Å². The van der Waals surface area contributed by atoms with Gasteiger partial charge in [0.05, 0.1) is 0 Å². The fraction of sp³-hybridized carbons (Fsp3) is 0.294. The minimum absolute atomic E-state index is 0.0554. The number of halogens is 2. The molecule has 1 saturated heterocycles. The second-order valence-corrected chi connectivity index (χ2v) is 5.75. The second kappa shape index (κ2) is 6.82. The number of carbonyl (C=O) groups excluding carboxylic acids is 2. The monoisotopic (exact) mass is 333 g/mol. The van der Waals surface area contributed by atoms with Gasteiger partial charge in [0.25, 0.3) is 5.91 Å². The molecule has 0 spiro atoms. The van der Waals surface area contributed by atoms with Crippen molar-refractivity contribution >= 4 is 11.8 Å². The van der Waals surface area contributed by atoms with Gasteiger partial charge in [0.15, 0.2) is 0 Å². The molecule has 7 heteroatoms. The van der Waals surface area contributed by atoms with Crippen LogP contribution in [0.2, 0.25) is 0 Å². The third-order valence-electron chi connectivity index (χ3n) is 4.05. The highest BCUT2D eigenvalue weighted by atomic mass is 19.1. The maximum atomic E-state index is 13.8. The summed E-state index contributed by atoms with van der Waals surface area (Å²) in [6, 6.07) is 5.97. The Morgan fingerprint density at radius 3 is 2.88 bits per heavy atom. The normalized spacial score (nSPS) is 17.8. The Morgan fingerprint density at radius 2 is 2.17 bits per heavy atom. The summed E-state index contributed by atoms with van der Waals surface area (Å²) in [7, 11) is 0. The molecule has 126 valence electrons. The van der Waals surface area contributed by atoms with Crippen LogP contribution < -0.4 is 5.32 Å². The SMILES string of the molecule is O=C(N[C@@H]1CCCN(Cc2ccc(F)cc2F)C1=O)c1ccc[nH]1. The van der Waals surface area contributed by atoms with Crippen molar-refractivity contribution < 1.29 is 18.4 Å². The molecule has 1 aliphatic rings. The van der Waals surface area contributed by atoms with E-state index in [4.69, 9.17) is 0 Å². The molecule has 1 aromatic heterocycles. The van der Waals surface area contributed by atoms with Gasteiger partial charge in [-0.15, -0.1) is 0 Å². The molecule has 0 radical (unpaired) electrons. The van der Waals surface area contributed by atoms with E-state index in [1.807, 2.05) is 0 Å². The number of hydrogen-bond acceptors (Lipinski definition) is 2. The number of likely N-dealkylation sites (tertiary alicyclic amines) is 1. The van der Waals surface area contributed by atoms with Gasteiger partial charge in [-0.25, -0.2) is 8.78 Å². The lowest BCUT2D eigenvalue weighted by Gasteiger charge is -2.32. The first-order chi connectivity index (χ1) is 11.5. The number of rotatable bonds is 4. The molecule has 1 aliphatic heterocycles. The fourth-order valence-electron chi connectivity index (χ4n) is 2.79. The predicted octanol–water partition coefficient (Wildman–Crippen LogP) is 2.21. The minimum Gasteiger partial charge on any atom is -0.357 e. The quantitative estimate of drug-likeness (QED) is 0.901. The van der Waals surface area contributed by atoms with E-state index < -0.39 is 17.7 Å². The fourth-order valence-corrected chi connectivity index (χ4v) is 2.79. The third kappa shape index (κ3) is 3.45. The molecule has 2 amide bonds. The zero-order chi connectivity index (χ0) is 17.1. The number of carbonyl (C=O) groups is 2. The van der Waals surface area contributed by atoms with E-state index in [-0.39, 0.29) is 23.9 Å². The number of hydrogen-bond donors (Lipinski definition) is 2. The van der Waals surface area contributed by atoms with Crippen LogP contribution in [0.3, 0.4) is 0 Å². The molecule has 1 aromatic carbocycles. The van der Waals surface area contributed by atoms with Crippen molar-refractivity contribution in [2.24, 2.45) is 0 Å². The number of benzene rings is 1. The van der Waals surface area contributed by atoms with E-state index in [9.17, 15) is 18.4 Å². The molecular weight excluding hydrogens is 316 g/mol. The molecule has 24 heavy (non-hydrogen) atoms. The minimum atomic E-state index is -0.680. The zero-order valence-electron chi connectivity index (χ0n) is 12.9. The first-order valence-corrected chi connectivity index (χ1v) is 7.71. The van der Waals surface area contributed by atoms with Gasteiger partial charge in [-0.1, -0.05) is 6.07 Å². The number of piperidine rings is 1. The lowest BCUT2D eigenvalue weighted by Crippen LogP contribution is -2.52. The first kappa shape index (κ1) is 16.2. The third-order valence-corrected chi connectivity index (χ3v) is 4.05. The molecule has 0 saturated carbocycles. The van der Waals surface area contributed by atoms with Crippen molar-refractivity contribution in [3.05, 3.63) is 59.4 Å². The summed E-state index contributed by atoms with van der Waals surface area (Å²) in [4.78, 5) is 28.8. The Morgan fingerprint density at radius 1 is 1.33 bits per heavy atom. The molecule has 2 N–H and O–H groups in total. The van der Waals surface area contributed by atoms with Crippen LogP contribution in [0.15, 0.2) is 36.5 Å². The lowest BCUT2D eigenvalue weighted by molar-refractivity contribution is -0.136. The molecule has 0 aliphatic carbocycles. The summed E-state index contributed by atoms with van der Waals surface area (Å²) < 4.78 is 26.7. The van der Waals surface area contributed by atoms with Gasteiger partial charge in [0.2, 0.25) is 5.91 Å². The highest BCUT2D eigenvalue weighted by Gasteiger charge is 2.30. The summed E-state index contributed by atoms with van der Waals surface area (Å²) >= 11 is 0. The number of H-pyrrole nitrogens is 1. The Bertz CT molecular complexity index is 746. The molecule has 1 atom stereocenters. The smallest absolute Gasteiger partial charge is 0.268 e. The van der Waals surface area contributed by atoms with Gasteiger partial charge >= 0.3 is 0 Å². The van der Waals surface area contributed by atoms with Gasteiger partial charge in [0, 0.05) is 30.9 Å². The van der Waals surface area contributed by atoms with Crippen LogP contribution in [0, 0.1) is 11.6 Å². The molecule has 3 rings (SSSR count). The van der Waals surface area contributed by atoms with E-state index in [1.54, 1.807) is 18.3 Å². The van der Waals surface area contributed by atoms with E-state index in [1.165, 1.54) is 11.0 Å². The van der Waals surface area contributed by atoms with Gasteiger partial charge in [0.1, 0.15) is 23.4 Å². The number of nitrogens with zero attached hydrogens (tertiary/aromatic N) is 1. The van der Waals surface area contributed by atoms with E-state index in [0.717, 1.165) is 12.1 Å². The van der Waals surface area contributed by atoms with Crippen molar-refractivity contribution in [1.82, 2.24) is 15.2 Å². The summed E-state index contributed by atoms with van der Waals surface area (Å²) in [5.74, 6) is -1.95. The van der Waals surface area contributed by atoms with Gasteiger partial charge in [-0.3, -0.25) is 9.59 Å². The van der Waals surface area contributed by atoms with Gasteiger partial charge in [-0.05, 0) is 31.0 Å². The highest BCUT2D eigenvalue weighted by molar-refractivity contribution is 5.96. The second-order valence-electron chi connectivity index (χ2n) is 5.75. The van der Waals surface area contributed by atoms with Gasteiger partial charge < -0.3 is 15.2 Å². The van der Waals surface area contributed by atoms with Crippen molar-refractivity contribution in [3.63, 3.8) is 0 Å². The Hall–Kier alpha value is -2.70. The first-order valence-electron chi connectivity index (χ1n) is 7.71. The molecule has 2 aromatic rings. The van der Waals surface area contributed by atoms with E-state index >= 15 is 0 Å². The van der Waals surface area contributed by atoms with Crippen molar-refractivity contribution in [2.45, 2.75) is 25.4 Å². The molecule has 0 unspecified atom stereocenters. The van der Waals surface area contributed by atoms with E-state index in [2.05, 4.69) is 10.3 Å². The number of aromatic amines is 1. The number of nitrogens with one attached hydrogen (secondary N) is 2. The molecule has 2 heterocycles. The average molecular weight is 333 g/mol. The average Bonchev–Trinajstić information content (AvgIpc) is 3.08. The summed E-state index contributed by atoms with van der Waals surface area (Å²) in [5, 5.41) is 2.70. The maximum Gasteiger partial charge on any atom is 0.268 e. The zero-order valence-corrected chi connectivity index (χ0v) is 12.9. The maximum absolute atomic E-state index is 13.8. The summed E-state index contributed by atoms with van der Waals surface area (Å²) in [6.07, 6.45) is 2.86. The van der Waals surface area contributed by atoms with Crippen LogP contribution in [0.25, 0.3) is 0 Å². The molecular formula is C17H17F2N3O2. The van der Waals surface area contributed by atoms with Crippen LogP contribution in [0.4, 0.5) is 8.78 Å². The van der Waals surface area contributed by atoms with Crippen molar-refractivity contribution in [2.75, 3.05) is 6.54 Å². The Kier molecular flexibility index (Phi) is 4.59. The summed E-state index contributed by atoms with van der Waals surface area (Å²) in [5.41, 5.74) is 0.630. The van der Waals surface area contributed by atoms with Crippen LogP contribution in [0.5, 0.6) is 0 Å². The van der Waals surface area contributed by atoms with Crippen molar-refractivity contribution in [1.29, 1.82) is 0 Å². The standard InChI is InChI=1S/C17H17F2N3O2/c18-12-6-5-11(13(19)9-12)10-22-8-2-4-15(17(22)24)21-16(23)14-3-1-7-20-14/h1,3,5-7,9,15,20H,2,4,8,10H2,(H,21,23)/t15-/m1/s1. The number of aromatic nitrogens is 1. The van der Waals surface area contributed by atoms with Crippen LogP contribution in [-0.2, 0) is 11.3 Å². The lowest BCUT2D eigenvalue weighted by atomic mass is 10.0. The van der Waals surface area contributed by atoms with Gasteiger partial charge in [-0.2, -0.15) is 0 Å². The molecule has 0 bridgehead atoms.